The molecule has 136 valence electrons. The summed E-state index contributed by atoms with van der Waals surface area (Å²) < 4.78 is 0. The van der Waals surface area contributed by atoms with Crippen LogP contribution in [0.1, 0.15) is 31.4 Å². The molecule has 1 aliphatic heterocycles. The second kappa shape index (κ2) is 7.17. The molecule has 0 aromatic heterocycles. The van der Waals surface area contributed by atoms with Gasteiger partial charge in [0.05, 0.1) is 5.69 Å². The molecule has 2 aromatic carbocycles. The number of urea groups is 1. The molecule has 0 spiro atoms. The second-order valence-corrected chi connectivity index (χ2v) is 6.26. The van der Waals surface area contributed by atoms with Gasteiger partial charge < -0.3 is 15.7 Å². The Hall–Kier alpha value is -2.86. The van der Waals surface area contributed by atoms with Crippen LogP contribution in [0.5, 0.6) is 0 Å². The molecule has 3 N–H and O–H groups in total. The van der Waals surface area contributed by atoms with Crippen LogP contribution in [0.15, 0.2) is 48.5 Å². The van der Waals surface area contributed by atoms with Crippen molar-refractivity contribution in [2.75, 3.05) is 16.8 Å². The lowest BCUT2D eigenvalue weighted by Gasteiger charge is -2.42. The van der Waals surface area contributed by atoms with Crippen molar-refractivity contribution in [1.82, 2.24) is 5.32 Å². The summed E-state index contributed by atoms with van der Waals surface area (Å²) in [6, 6.07) is 13.5. The first-order valence-corrected chi connectivity index (χ1v) is 8.82. The zero-order valence-electron chi connectivity index (χ0n) is 15.0. The normalized spacial score (nSPS) is 18.9. The van der Waals surface area contributed by atoms with Gasteiger partial charge in [0.2, 0.25) is 0 Å². The number of para-hydroxylation sites is 1. The molecule has 6 nitrogen and oxygen atoms in total. The van der Waals surface area contributed by atoms with Crippen LogP contribution < -0.4 is 15.5 Å². The van der Waals surface area contributed by atoms with E-state index >= 15 is 0 Å². The molecule has 0 aliphatic carbocycles. The Morgan fingerprint density at radius 1 is 1.15 bits per heavy atom. The lowest BCUT2D eigenvalue weighted by atomic mass is 9.94. The lowest BCUT2D eigenvalue weighted by Crippen LogP contribution is -2.62. The SMILES string of the molecule is CCCNC(=O)[C@]1(O)c2ccccc2NC(=O)N1c1ccc(CC)cc1. The van der Waals surface area contributed by atoms with E-state index in [0.717, 1.165) is 23.3 Å². The zero-order valence-corrected chi connectivity index (χ0v) is 15.0. The molecule has 0 bridgehead atoms. The van der Waals surface area contributed by atoms with E-state index in [9.17, 15) is 14.7 Å². The number of nitrogens with zero attached hydrogens (tertiary/aromatic N) is 1. The van der Waals surface area contributed by atoms with Crippen molar-refractivity contribution in [2.45, 2.75) is 32.4 Å². The van der Waals surface area contributed by atoms with Gasteiger partial charge in [0, 0.05) is 17.8 Å². The number of hydrogen-bond donors (Lipinski definition) is 3. The van der Waals surface area contributed by atoms with Crippen molar-refractivity contribution < 1.29 is 14.7 Å². The smallest absolute Gasteiger partial charge is 0.329 e. The molecule has 3 rings (SSSR count). The van der Waals surface area contributed by atoms with Gasteiger partial charge in [0.1, 0.15) is 0 Å². The van der Waals surface area contributed by atoms with Crippen molar-refractivity contribution in [1.29, 1.82) is 0 Å². The standard InChI is InChI=1S/C20H23N3O3/c1-3-13-21-18(24)20(26)16-7-5-6-8-17(16)22-19(25)23(20)15-11-9-14(4-2)10-12-15/h5-12,26H,3-4,13H2,1-2H3,(H,21,24)(H,22,25)/t20-/m1/s1. The quantitative estimate of drug-likeness (QED) is 0.773. The summed E-state index contributed by atoms with van der Waals surface area (Å²) in [6.45, 7) is 4.37. The molecular weight excluding hydrogens is 330 g/mol. The molecule has 1 aliphatic rings. The van der Waals surface area contributed by atoms with Crippen LogP contribution in [0.25, 0.3) is 0 Å². The minimum atomic E-state index is -2.12. The number of benzene rings is 2. The number of hydrogen-bond acceptors (Lipinski definition) is 3. The first kappa shape index (κ1) is 17.9. The molecule has 0 unspecified atom stereocenters. The van der Waals surface area contributed by atoms with E-state index in [0.29, 0.717) is 23.5 Å². The fourth-order valence-corrected chi connectivity index (χ4v) is 3.11. The van der Waals surface area contributed by atoms with Gasteiger partial charge in [-0.1, -0.05) is 44.2 Å². The Balaban J connectivity index is 2.13. The van der Waals surface area contributed by atoms with Gasteiger partial charge >= 0.3 is 6.03 Å². The van der Waals surface area contributed by atoms with E-state index in [1.807, 2.05) is 26.0 Å². The van der Waals surface area contributed by atoms with Crippen LogP contribution in [0.4, 0.5) is 16.2 Å². The number of rotatable bonds is 5. The summed E-state index contributed by atoms with van der Waals surface area (Å²) in [4.78, 5) is 26.8. The van der Waals surface area contributed by atoms with Crippen LogP contribution >= 0.6 is 0 Å². The van der Waals surface area contributed by atoms with Gasteiger partial charge in [0.25, 0.3) is 11.6 Å². The molecule has 2 aromatic rings. The number of carbonyl (C=O) groups is 2. The van der Waals surface area contributed by atoms with Crippen molar-refractivity contribution in [3.63, 3.8) is 0 Å². The number of aliphatic hydroxyl groups is 1. The van der Waals surface area contributed by atoms with Gasteiger partial charge in [0.15, 0.2) is 0 Å². The van der Waals surface area contributed by atoms with Gasteiger partial charge in [-0.25, -0.2) is 4.79 Å². The Morgan fingerprint density at radius 2 is 1.85 bits per heavy atom. The fourth-order valence-electron chi connectivity index (χ4n) is 3.11. The summed E-state index contributed by atoms with van der Waals surface area (Å²) in [7, 11) is 0. The molecule has 3 amide bonds. The molecule has 1 heterocycles. The summed E-state index contributed by atoms with van der Waals surface area (Å²) in [5, 5.41) is 16.9. The highest BCUT2D eigenvalue weighted by atomic mass is 16.3. The molecule has 0 saturated heterocycles. The average Bonchev–Trinajstić information content (AvgIpc) is 2.66. The summed E-state index contributed by atoms with van der Waals surface area (Å²) in [5.74, 6) is -0.624. The van der Waals surface area contributed by atoms with Crippen LogP contribution in [0.2, 0.25) is 0 Å². The molecule has 6 heteroatoms. The molecular formula is C20H23N3O3. The van der Waals surface area contributed by atoms with Gasteiger partial charge in [-0.15, -0.1) is 0 Å². The Morgan fingerprint density at radius 3 is 2.50 bits per heavy atom. The highest BCUT2D eigenvalue weighted by Crippen LogP contribution is 2.39. The van der Waals surface area contributed by atoms with Gasteiger partial charge in [-0.05, 0) is 36.6 Å². The van der Waals surface area contributed by atoms with E-state index in [4.69, 9.17) is 0 Å². The Labute approximate surface area is 152 Å². The third-order valence-corrected chi connectivity index (χ3v) is 4.53. The molecule has 26 heavy (non-hydrogen) atoms. The van der Waals surface area contributed by atoms with Crippen molar-refractivity contribution in [3.05, 3.63) is 59.7 Å². The van der Waals surface area contributed by atoms with Crippen LogP contribution in [0.3, 0.4) is 0 Å². The number of aryl methyl sites for hydroxylation is 1. The number of anilines is 2. The highest BCUT2D eigenvalue weighted by Gasteiger charge is 2.51. The van der Waals surface area contributed by atoms with Gasteiger partial charge in [-0.3, -0.25) is 9.69 Å². The minimum absolute atomic E-state index is 0.341. The monoisotopic (exact) mass is 353 g/mol. The largest absolute Gasteiger partial charge is 0.359 e. The maximum atomic E-state index is 12.9. The molecule has 0 fully saturated rings. The van der Waals surface area contributed by atoms with Crippen molar-refractivity contribution in [2.24, 2.45) is 0 Å². The van der Waals surface area contributed by atoms with Crippen LogP contribution in [-0.2, 0) is 16.9 Å². The fraction of sp³-hybridized carbons (Fsp3) is 0.300. The van der Waals surface area contributed by atoms with Crippen molar-refractivity contribution in [3.8, 4) is 0 Å². The first-order chi connectivity index (χ1) is 12.5. The third kappa shape index (κ3) is 2.93. The predicted molar refractivity (Wildman–Crippen MR) is 101 cm³/mol. The summed E-state index contributed by atoms with van der Waals surface area (Å²) in [5.41, 5.74) is 0.191. The van der Waals surface area contributed by atoms with E-state index < -0.39 is 17.7 Å². The average molecular weight is 353 g/mol. The second-order valence-electron chi connectivity index (χ2n) is 6.26. The summed E-state index contributed by atoms with van der Waals surface area (Å²) >= 11 is 0. The van der Waals surface area contributed by atoms with E-state index in [2.05, 4.69) is 10.6 Å². The van der Waals surface area contributed by atoms with E-state index in [1.165, 1.54) is 0 Å². The Kier molecular flexibility index (Phi) is 4.95. The zero-order chi connectivity index (χ0) is 18.7. The topological polar surface area (TPSA) is 81.7 Å². The van der Waals surface area contributed by atoms with E-state index in [-0.39, 0.29) is 0 Å². The number of carbonyl (C=O) groups excluding carboxylic acids is 2. The maximum Gasteiger partial charge on any atom is 0.329 e. The summed E-state index contributed by atoms with van der Waals surface area (Å²) in [6.07, 6.45) is 1.58. The molecule has 0 saturated carbocycles. The molecule has 0 radical (unpaired) electrons. The number of fused-ring (bicyclic) bond motifs is 1. The number of nitrogens with one attached hydrogen (secondary N) is 2. The highest BCUT2D eigenvalue weighted by molar-refractivity contribution is 6.11. The van der Waals surface area contributed by atoms with Gasteiger partial charge in [-0.2, -0.15) is 0 Å². The van der Waals surface area contributed by atoms with Crippen LogP contribution in [-0.4, -0.2) is 23.6 Å². The van der Waals surface area contributed by atoms with Crippen molar-refractivity contribution >= 4 is 23.3 Å². The number of amides is 3. The minimum Gasteiger partial charge on any atom is -0.359 e. The maximum absolute atomic E-state index is 12.9. The van der Waals surface area contributed by atoms with E-state index in [1.54, 1.807) is 36.4 Å². The predicted octanol–water partition coefficient (Wildman–Crippen LogP) is 2.97. The lowest BCUT2D eigenvalue weighted by molar-refractivity contribution is -0.140. The third-order valence-electron chi connectivity index (χ3n) is 4.53. The van der Waals surface area contributed by atoms with Crippen LogP contribution in [0, 0.1) is 0 Å². The molecule has 1 atom stereocenters. The Bertz CT molecular complexity index is 819. The first-order valence-electron chi connectivity index (χ1n) is 8.82.